The Bertz CT molecular complexity index is 1300. The van der Waals surface area contributed by atoms with Crippen LogP contribution in [0.2, 0.25) is 0 Å². The lowest BCUT2D eigenvalue weighted by Gasteiger charge is -2.13. The third-order valence-electron chi connectivity index (χ3n) is 5.67. The fourth-order valence-corrected chi connectivity index (χ4v) is 3.72. The molecule has 2 aromatic carbocycles. The van der Waals surface area contributed by atoms with E-state index >= 15 is 0 Å². The number of allylic oxidation sites excluding steroid dienone is 4. The molecule has 2 aromatic rings. The Balaban J connectivity index is 2.19. The number of hydrogen-bond donors (Lipinski definition) is 1. The molecule has 0 radical (unpaired) electrons. The third-order valence-corrected chi connectivity index (χ3v) is 5.67. The molecule has 8 nitrogen and oxygen atoms in total. The molecule has 0 aliphatic rings. The molecular weight excluding hydrogens is 498 g/mol. The lowest BCUT2D eigenvalue weighted by Crippen LogP contribution is -2.11. The molecule has 8 heteroatoms. The van der Waals surface area contributed by atoms with Gasteiger partial charge < -0.3 is 33.7 Å². The molecular formula is C31H37NO7. The van der Waals surface area contributed by atoms with E-state index in [-0.39, 0.29) is 5.78 Å². The van der Waals surface area contributed by atoms with E-state index in [9.17, 15) is 4.79 Å². The van der Waals surface area contributed by atoms with Crippen molar-refractivity contribution in [1.82, 2.24) is 5.32 Å². The van der Waals surface area contributed by atoms with Gasteiger partial charge in [0.2, 0.25) is 0 Å². The van der Waals surface area contributed by atoms with Gasteiger partial charge >= 0.3 is 0 Å². The molecule has 39 heavy (non-hydrogen) atoms. The van der Waals surface area contributed by atoms with Gasteiger partial charge in [0.1, 0.15) is 0 Å². The molecule has 0 atom stereocenters. The van der Waals surface area contributed by atoms with Crippen molar-refractivity contribution in [2.75, 3.05) is 42.7 Å². The average molecular weight is 536 g/mol. The first-order valence-electron chi connectivity index (χ1n) is 12.0. The Labute approximate surface area is 230 Å². The second-order valence-electron chi connectivity index (χ2n) is 8.29. The summed E-state index contributed by atoms with van der Waals surface area (Å²) < 4.78 is 32.4. The second kappa shape index (κ2) is 15.0. The molecule has 1 N–H and O–H groups in total. The van der Waals surface area contributed by atoms with Gasteiger partial charge in [-0.1, -0.05) is 18.7 Å². The number of carbonyl (C=O) groups is 1. The van der Waals surface area contributed by atoms with Gasteiger partial charge in [-0.3, -0.25) is 4.79 Å². The summed E-state index contributed by atoms with van der Waals surface area (Å²) in [4.78, 5) is 12.6. The minimum absolute atomic E-state index is 0.225. The monoisotopic (exact) mass is 535 g/mol. The number of aryl methyl sites for hydroxylation is 1. The zero-order valence-corrected chi connectivity index (χ0v) is 23.8. The normalized spacial score (nSPS) is 12.2. The maximum atomic E-state index is 12.6. The Morgan fingerprint density at radius 2 is 1.54 bits per heavy atom. The lowest BCUT2D eigenvalue weighted by atomic mass is 10.1. The van der Waals surface area contributed by atoms with E-state index in [0.29, 0.717) is 45.8 Å². The van der Waals surface area contributed by atoms with Gasteiger partial charge in [0.15, 0.2) is 40.3 Å². The highest BCUT2D eigenvalue weighted by Gasteiger charge is 2.12. The summed E-state index contributed by atoms with van der Waals surface area (Å²) >= 11 is 0. The van der Waals surface area contributed by atoms with Crippen molar-refractivity contribution in [3.8, 4) is 23.0 Å². The number of carbonyl (C=O) groups excluding carboxylic acids is 1. The largest absolute Gasteiger partial charge is 0.493 e. The Morgan fingerprint density at radius 3 is 2.13 bits per heavy atom. The number of ether oxygens (including phenoxy) is 6. The van der Waals surface area contributed by atoms with Crippen LogP contribution in [0.1, 0.15) is 28.4 Å². The van der Waals surface area contributed by atoms with E-state index in [2.05, 4.69) is 11.9 Å². The van der Waals surface area contributed by atoms with Crippen LogP contribution in [0.5, 0.6) is 23.0 Å². The first-order valence-corrected chi connectivity index (χ1v) is 12.0. The van der Waals surface area contributed by atoms with Gasteiger partial charge in [-0.25, -0.2) is 0 Å². The SMILES string of the molecule is C=C(N/C=C\C(=O)c1ccc(OC)c(OC)c1)\C(OC)=C(/C=C(C)/C=C\c1cc(C)c(OC)c(OC)c1)OC. The third kappa shape index (κ3) is 8.20. The maximum absolute atomic E-state index is 12.6. The first kappa shape index (κ1) is 30.6. The number of nitrogens with one attached hydrogen (secondary N) is 1. The van der Waals surface area contributed by atoms with E-state index in [0.717, 1.165) is 16.7 Å². The van der Waals surface area contributed by atoms with Gasteiger partial charge in [-0.2, -0.15) is 0 Å². The van der Waals surface area contributed by atoms with E-state index in [4.69, 9.17) is 28.4 Å². The van der Waals surface area contributed by atoms with Gasteiger partial charge in [0, 0.05) is 17.8 Å². The fourth-order valence-electron chi connectivity index (χ4n) is 3.72. The van der Waals surface area contributed by atoms with Crippen molar-refractivity contribution in [1.29, 1.82) is 0 Å². The van der Waals surface area contributed by atoms with Crippen LogP contribution in [-0.2, 0) is 9.47 Å². The molecule has 0 unspecified atom stereocenters. The summed E-state index contributed by atoms with van der Waals surface area (Å²) in [7, 11) is 9.35. The van der Waals surface area contributed by atoms with Crippen molar-refractivity contribution < 1.29 is 33.2 Å². The van der Waals surface area contributed by atoms with Crippen LogP contribution < -0.4 is 24.3 Å². The highest BCUT2D eigenvalue weighted by atomic mass is 16.5. The number of rotatable bonds is 14. The molecule has 0 spiro atoms. The predicted molar refractivity (Wildman–Crippen MR) is 153 cm³/mol. The smallest absolute Gasteiger partial charge is 0.187 e. The molecule has 0 amide bonds. The van der Waals surface area contributed by atoms with Crippen LogP contribution >= 0.6 is 0 Å². The second-order valence-corrected chi connectivity index (χ2v) is 8.29. The number of hydrogen-bond acceptors (Lipinski definition) is 8. The van der Waals surface area contributed by atoms with Crippen molar-refractivity contribution >= 4 is 11.9 Å². The van der Waals surface area contributed by atoms with Crippen LogP contribution in [0.15, 0.2) is 84.1 Å². The summed E-state index contributed by atoms with van der Waals surface area (Å²) in [5.41, 5.74) is 3.70. The summed E-state index contributed by atoms with van der Waals surface area (Å²) in [6, 6.07) is 8.88. The number of ketones is 1. The quantitative estimate of drug-likeness (QED) is 0.137. The molecule has 208 valence electrons. The minimum Gasteiger partial charge on any atom is -0.493 e. The van der Waals surface area contributed by atoms with E-state index in [1.54, 1.807) is 39.5 Å². The van der Waals surface area contributed by atoms with Gasteiger partial charge in [-0.15, -0.1) is 0 Å². The van der Waals surface area contributed by atoms with Crippen LogP contribution in [0, 0.1) is 6.92 Å². The summed E-state index contributed by atoms with van der Waals surface area (Å²) in [5, 5.41) is 2.97. The number of methoxy groups -OCH3 is 6. The molecule has 0 bridgehead atoms. The lowest BCUT2D eigenvalue weighted by molar-refractivity contribution is 0.104. The molecule has 0 fully saturated rings. The van der Waals surface area contributed by atoms with Crippen molar-refractivity contribution in [2.45, 2.75) is 13.8 Å². The van der Waals surface area contributed by atoms with Crippen molar-refractivity contribution in [3.05, 3.63) is 101 Å². The zero-order chi connectivity index (χ0) is 28.9. The molecule has 0 saturated heterocycles. The minimum atomic E-state index is -0.225. The molecule has 2 rings (SSSR count). The van der Waals surface area contributed by atoms with E-state index < -0.39 is 0 Å². The van der Waals surface area contributed by atoms with Gasteiger partial charge in [0.25, 0.3) is 0 Å². The Kier molecular flexibility index (Phi) is 11.8. The van der Waals surface area contributed by atoms with E-state index in [1.165, 1.54) is 33.6 Å². The topological polar surface area (TPSA) is 84.5 Å². The van der Waals surface area contributed by atoms with Gasteiger partial charge in [-0.05, 0) is 67.0 Å². The molecule has 0 aromatic heterocycles. The summed E-state index contributed by atoms with van der Waals surface area (Å²) in [6.45, 7) is 7.92. The molecule has 0 heterocycles. The summed E-state index contributed by atoms with van der Waals surface area (Å²) in [6.07, 6.45) is 8.62. The molecule has 0 aliphatic carbocycles. The standard InChI is InChI=1S/C31H37NO7/c1-20(10-11-23-17-21(2)30(38-8)29(18-23)37-7)16-28(36-6)31(39-9)22(3)32-15-14-25(33)24-12-13-26(34-4)27(19-24)35-5/h10-19,32H,3H2,1-2,4-9H3/b11-10-,15-14-,20-16+,31-28-. The van der Waals surface area contributed by atoms with Crippen LogP contribution in [0.4, 0.5) is 0 Å². The molecule has 0 aliphatic heterocycles. The average Bonchev–Trinajstić information content (AvgIpc) is 2.94. The zero-order valence-electron chi connectivity index (χ0n) is 23.8. The van der Waals surface area contributed by atoms with Crippen molar-refractivity contribution in [2.24, 2.45) is 0 Å². The predicted octanol–water partition coefficient (Wildman–Crippen LogP) is 5.99. The van der Waals surface area contributed by atoms with Crippen LogP contribution in [-0.4, -0.2) is 48.4 Å². The van der Waals surface area contributed by atoms with E-state index in [1.807, 2.05) is 44.2 Å². The highest BCUT2D eigenvalue weighted by molar-refractivity contribution is 6.04. The highest BCUT2D eigenvalue weighted by Crippen LogP contribution is 2.32. The van der Waals surface area contributed by atoms with Crippen molar-refractivity contribution in [3.63, 3.8) is 0 Å². The first-order chi connectivity index (χ1) is 18.7. The van der Waals surface area contributed by atoms with Crippen LogP contribution in [0.25, 0.3) is 6.08 Å². The molecule has 0 saturated carbocycles. The van der Waals surface area contributed by atoms with Crippen LogP contribution in [0.3, 0.4) is 0 Å². The number of benzene rings is 2. The Hall–Kier alpha value is -4.59. The summed E-state index contributed by atoms with van der Waals surface area (Å²) in [5.74, 6) is 3.01. The maximum Gasteiger partial charge on any atom is 0.187 e. The Morgan fingerprint density at radius 1 is 0.846 bits per heavy atom. The van der Waals surface area contributed by atoms with Gasteiger partial charge in [0.05, 0.1) is 48.4 Å². The fraction of sp³-hybridized carbons (Fsp3) is 0.258.